The standard InChI is InChI=1S/C10H15BrN2O/c1-3-10(2,14)7-13-9-6-8(11)4-5-12-9/h4-6,14H,3,7H2,1-2H3,(H,12,13). The lowest BCUT2D eigenvalue weighted by Crippen LogP contribution is -2.32. The number of halogens is 1. The van der Waals surface area contributed by atoms with Crippen LogP contribution < -0.4 is 5.32 Å². The van der Waals surface area contributed by atoms with Gasteiger partial charge in [-0.1, -0.05) is 22.9 Å². The maximum absolute atomic E-state index is 9.75. The lowest BCUT2D eigenvalue weighted by molar-refractivity contribution is 0.0696. The number of hydrogen-bond donors (Lipinski definition) is 2. The largest absolute Gasteiger partial charge is 0.388 e. The number of pyridine rings is 1. The molecule has 78 valence electrons. The van der Waals surface area contributed by atoms with Crippen molar-refractivity contribution >= 4 is 21.7 Å². The van der Waals surface area contributed by atoms with Crippen LogP contribution in [0.3, 0.4) is 0 Å². The molecule has 0 fully saturated rings. The average Bonchev–Trinajstić information content (AvgIpc) is 2.15. The Labute approximate surface area is 92.7 Å². The minimum absolute atomic E-state index is 0.507. The fourth-order valence-electron chi connectivity index (χ4n) is 0.907. The topological polar surface area (TPSA) is 45.1 Å². The molecule has 0 saturated heterocycles. The predicted octanol–water partition coefficient (Wildman–Crippen LogP) is 2.42. The summed E-state index contributed by atoms with van der Waals surface area (Å²) in [5.41, 5.74) is -0.677. The Balaban J connectivity index is 2.54. The van der Waals surface area contributed by atoms with E-state index in [2.05, 4.69) is 26.2 Å². The normalized spacial score (nSPS) is 14.9. The van der Waals surface area contributed by atoms with Crippen LogP contribution in [0.25, 0.3) is 0 Å². The van der Waals surface area contributed by atoms with Gasteiger partial charge in [0.25, 0.3) is 0 Å². The summed E-state index contributed by atoms with van der Waals surface area (Å²) in [6.45, 7) is 4.26. The monoisotopic (exact) mass is 258 g/mol. The lowest BCUT2D eigenvalue weighted by Gasteiger charge is -2.21. The molecule has 0 bridgehead atoms. The van der Waals surface area contributed by atoms with Gasteiger partial charge in [0.1, 0.15) is 5.82 Å². The number of anilines is 1. The van der Waals surface area contributed by atoms with Gasteiger partial charge in [-0.05, 0) is 25.5 Å². The van der Waals surface area contributed by atoms with Crippen molar-refractivity contribution in [3.8, 4) is 0 Å². The molecule has 0 radical (unpaired) electrons. The summed E-state index contributed by atoms with van der Waals surface area (Å²) >= 11 is 3.36. The molecule has 4 heteroatoms. The smallest absolute Gasteiger partial charge is 0.127 e. The van der Waals surface area contributed by atoms with Crippen LogP contribution in [0.1, 0.15) is 20.3 Å². The number of hydrogen-bond acceptors (Lipinski definition) is 3. The summed E-state index contributed by atoms with van der Waals surface area (Å²) in [4.78, 5) is 4.12. The number of nitrogens with one attached hydrogen (secondary N) is 1. The molecular weight excluding hydrogens is 244 g/mol. The van der Waals surface area contributed by atoms with Crippen molar-refractivity contribution in [1.82, 2.24) is 4.98 Å². The molecule has 14 heavy (non-hydrogen) atoms. The van der Waals surface area contributed by atoms with Crippen LogP contribution in [0.2, 0.25) is 0 Å². The summed E-state index contributed by atoms with van der Waals surface area (Å²) in [5, 5.41) is 12.8. The Hall–Kier alpha value is -0.610. The molecule has 0 spiro atoms. The molecule has 1 heterocycles. The van der Waals surface area contributed by atoms with Crippen LogP contribution in [0, 0.1) is 0 Å². The highest BCUT2D eigenvalue weighted by Crippen LogP contribution is 2.14. The van der Waals surface area contributed by atoms with Gasteiger partial charge in [0, 0.05) is 17.2 Å². The Morgan fingerprint density at radius 3 is 2.93 bits per heavy atom. The van der Waals surface area contributed by atoms with E-state index in [0.29, 0.717) is 13.0 Å². The van der Waals surface area contributed by atoms with Crippen LogP contribution in [-0.4, -0.2) is 22.2 Å². The highest BCUT2D eigenvalue weighted by atomic mass is 79.9. The van der Waals surface area contributed by atoms with E-state index in [0.717, 1.165) is 10.3 Å². The van der Waals surface area contributed by atoms with Crippen molar-refractivity contribution in [3.63, 3.8) is 0 Å². The quantitative estimate of drug-likeness (QED) is 0.872. The molecule has 0 aliphatic rings. The second kappa shape index (κ2) is 4.75. The van der Waals surface area contributed by atoms with Gasteiger partial charge in [0.2, 0.25) is 0 Å². The molecule has 1 unspecified atom stereocenters. The first-order valence-corrected chi connectivity index (χ1v) is 5.40. The van der Waals surface area contributed by atoms with Gasteiger partial charge in [-0.3, -0.25) is 0 Å². The minimum Gasteiger partial charge on any atom is -0.388 e. The number of rotatable bonds is 4. The summed E-state index contributed by atoms with van der Waals surface area (Å²) in [5.74, 6) is 0.771. The lowest BCUT2D eigenvalue weighted by atomic mass is 10.0. The van der Waals surface area contributed by atoms with Gasteiger partial charge in [-0.25, -0.2) is 4.98 Å². The molecule has 0 aromatic carbocycles. The Morgan fingerprint density at radius 2 is 2.36 bits per heavy atom. The zero-order chi connectivity index (χ0) is 10.6. The molecule has 1 rings (SSSR count). The molecule has 1 aromatic heterocycles. The van der Waals surface area contributed by atoms with E-state index < -0.39 is 5.60 Å². The first kappa shape index (κ1) is 11.5. The molecular formula is C10H15BrN2O. The van der Waals surface area contributed by atoms with E-state index in [9.17, 15) is 5.11 Å². The Morgan fingerprint density at radius 1 is 1.64 bits per heavy atom. The third-order valence-electron chi connectivity index (χ3n) is 2.13. The molecule has 1 atom stereocenters. The predicted molar refractivity (Wildman–Crippen MR) is 61.3 cm³/mol. The maximum Gasteiger partial charge on any atom is 0.127 e. The number of nitrogens with zero attached hydrogens (tertiary/aromatic N) is 1. The first-order valence-electron chi connectivity index (χ1n) is 4.61. The van der Waals surface area contributed by atoms with Crippen molar-refractivity contribution in [2.24, 2.45) is 0 Å². The van der Waals surface area contributed by atoms with Gasteiger partial charge in [-0.2, -0.15) is 0 Å². The van der Waals surface area contributed by atoms with Crippen molar-refractivity contribution < 1.29 is 5.11 Å². The van der Waals surface area contributed by atoms with Crippen molar-refractivity contribution in [1.29, 1.82) is 0 Å². The van der Waals surface area contributed by atoms with Crippen LogP contribution in [0.4, 0.5) is 5.82 Å². The van der Waals surface area contributed by atoms with Crippen LogP contribution in [-0.2, 0) is 0 Å². The van der Waals surface area contributed by atoms with Crippen LogP contribution in [0.15, 0.2) is 22.8 Å². The molecule has 0 amide bonds. The second-order valence-corrected chi connectivity index (χ2v) is 4.48. The number of aromatic nitrogens is 1. The number of aliphatic hydroxyl groups is 1. The fraction of sp³-hybridized carbons (Fsp3) is 0.500. The van der Waals surface area contributed by atoms with E-state index in [1.54, 1.807) is 13.1 Å². The van der Waals surface area contributed by atoms with Gasteiger partial charge >= 0.3 is 0 Å². The van der Waals surface area contributed by atoms with E-state index >= 15 is 0 Å². The zero-order valence-corrected chi connectivity index (χ0v) is 10.0. The second-order valence-electron chi connectivity index (χ2n) is 3.56. The van der Waals surface area contributed by atoms with E-state index in [-0.39, 0.29) is 0 Å². The summed E-state index contributed by atoms with van der Waals surface area (Å²) < 4.78 is 0.978. The van der Waals surface area contributed by atoms with Gasteiger partial charge < -0.3 is 10.4 Å². The van der Waals surface area contributed by atoms with Gasteiger partial charge in [0.15, 0.2) is 0 Å². The molecule has 0 aliphatic heterocycles. The van der Waals surface area contributed by atoms with Crippen molar-refractivity contribution in [2.45, 2.75) is 25.9 Å². The summed E-state index contributed by atoms with van der Waals surface area (Å²) in [6, 6.07) is 3.74. The maximum atomic E-state index is 9.75. The van der Waals surface area contributed by atoms with E-state index in [1.165, 1.54) is 0 Å². The minimum atomic E-state index is -0.677. The highest BCUT2D eigenvalue weighted by Gasteiger charge is 2.16. The Bertz CT molecular complexity index is 302. The van der Waals surface area contributed by atoms with Gasteiger partial charge in [-0.15, -0.1) is 0 Å². The zero-order valence-electron chi connectivity index (χ0n) is 8.42. The van der Waals surface area contributed by atoms with Crippen LogP contribution >= 0.6 is 15.9 Å². The van der Waals surface area contributed by atoms with Crippen molar-refractivity contribution in [2.75, 3.05) is 11.9 Å². The highest BCUT2D eigenvalue weighted by molar-refractivity contribution is 9.10. The fourth-order valence-corrected chi connectivity index (χ4v) is 1.24. The van der Waals surface area contributed by atoms with E-state index in [1.807, 2.05) is 19.1 Å². The summed E-state index contributed by atoms with van der Waals surface area (Å²) in [6.07, 6.45) is 2.43. The Kier molecular flexibility index (Phi) is 3.89. The SMILES string of the molecule is CCC(C)(O)CNc1cc(Br)ccn1. The third-order valence-corrected chi connectivity index (χ3v) is 2.63. The van der Waals surface area contributed by atoms with Crippen LogP contribution in [0.5, 0.6) is 0 Å². The molecule has 1 aromatic rings. The molecule has 0 aliphatic carbocycles. The third kappa shape index (κ3) is 3.64. The molecule has 0 saturated carbocycles. The molecule has 2 N–H and O–H groups in total. The molecule has 3 nitrogen and oxygen atoms in total. The van der Waals surface area contributed by atoms with Gasteiger partial charge in [0.05, 0.1) is 5.60 Å². The summed E-state index contributed by atoms with van der Waals surface area (Å²) in [7, 11) is 0. The van der Waals surface area contributed by atoms with E-state index in [4.69, 9.17) is 0 Å². The van der Waals surface area contributed by atoms with Crippen molar-refractivity contribution in [3.05, 3.63) is 22.8 Å². The average molecular weight is 259 g/mol. The first-order chi connectivity index (χ1) is 6.53.